The number of ether oxygens (including phenoxy) is 1. The maximum atomic E-state index is 12.4. The summed E-state index contributed by atoms with van der Waals surface area (Å²) in [5, 5.41) is 0. The van der Waals surface area contributed by atoms with Gasteiger partial charge in [-0.15, -0.1) is 0 Å². The van der Waals surface area contributed by atoms with Gasteiger partial charge in [0.25, 0.3) is 5.91 Å². The van der Waals surface area contributed by atoms with Crippen LogP contribution >= 0.6 is 0 Å². The van der Waals surface area contributed by atoms with E-state index < -0.39 is 0 Å². The highest BCUT2D eigenvalue weighted by Crippen LogP contribution is 2.22. The van der Waals surface area contributed by atoms with Gasteiger partial charge in [0.2, 0.25) is 5.95 Å². The van der Waals surface area contributed by atoms with Crippen LogP contribution < -0.4 is 4.90 Å². The standard InChI is InChI=1S/C15H18N4O3/c1-18(2)15-16-5-3-12(17-15)13-9-19(6-8-22-13)14(20)11-4-7-21-10-11/h3-5,7,10,13H,6,8-9H2,1-2H3/t13-/m0/s1. The summed E-state index contributed by atoms with van der Waals surface area (Å²) in [6, 6.07) is 3.49. The molecular formula is C15H18N4O3. The summed E-state index contributed by atoms with van der Waals surface area (Å²) in [5.74, 6) is 0.573. The first-order chi connectivity index (χ1) is 10.6. The fourth-order valence-corrected chi connectivity index (χ4v) is 2.34. The van der Waals surface area contributed by atoms with Crippen molar-refractivity contribution in [2.45, 2.75) is 6.10 Å². The fourth-order valence-electron chi connectivity index (χ4n) is 2.34. The number of anilines is 1. The van der Waals surface area contributed by atoms with Crippen molar-refractivity contribution in [1.82, 2.24) is 14.9 Å². The molecule has 0 spiro atoms. The molecule has 0 unspecified atom stereocenters. The Hall–Kier alpha value is -2.41. The van der Waals surface area contributed by atoms with E-state index in [9.17, 15) is 4.79 Å². The molecule has 0 saturated carbocycles. The topological polar surface area (TPSA) is 71.7 Å². The molecule has 0 radical (unpaired) electrons. The second-order valence-electron chi connectivity index (χ2n) is 5.30. The van der Waals surface area contributed by atoms with Crippen LogP contribution in [0, 0.1) is 0 Å². The Labute approximate surface area is 128 Å². The van der Waals surface area contributed by atoms with Crippen molar-refractivity contribution < 1.29 is 13.9 Å². The highest BCUT2D eigenvalue weighted by Gasteiger charge is 2.27. The van der Waals surface area contributed by atoms with E-state index in [2.05, 4.69) is 9.97 Å². The van der Waals surface area contributed by atoms with Gasteiger partial charge in [-0.3, -0.25) is 4.79 Å². The van der Waals surface area contributed by atoms with Gasteiger partial charge in [-0.05, 0) is 12.1 Å². The molecule has 3 rings (SSSR count). The lowest BCUT2D eigenvalue weighted by Crippen LogP contribution is -2.42. The van der Waals surface area contributed by atoms with Gasteiger partial charge in [0.15, 0.2) is 0 Å². The number of hydrogen-bond donors (Lipinski definition) is 0. The van der Waals surface area contributed by atoms with E-state index in [1.807, 2.05) is 25.1 Å². The minimum Gasteiger partial charge on any atom is -0.472 e. The van der Waals surface area contributed by atoms with Crippen molar-refractivity contribution in [3.63, 3.8) is 0 Å². The minimum absolute atomic E-state index is 0.0519. The Bertz CT molecular complexity index is 642. The fraction of sp³-hybridized carbons (Fsp3) is 0.400. The van der Waals surface area contributed by atoms with Gasteiger partial charge in [0.05, 0.1) is 30.7 Å². The van der Waals surface area contributed by atoms with Crippen LogP contribution in [0.15, 0.2) is 35.3 Å². The predicted octanol–water partition coefficient (Wildman–Crippen LogP) is 1.35. The maximum Gasteiger partial charge on any atom is 0.257 e. The Morgan fingerprint density at radius 3 is 3.00 bits per heavy atom. The summed E-state index contributed by atoms with van der Waals surface area (Å²) >= 11 is 0. The average Bonchev–Trinajstić information content (AvgIpc) is 3.09. The molecule has 0 bridgehead atoms. The van der Waals surface area contributed by atoms with Gasteiger partial charge >= 0.3 is 0 Å². The summed E-state index contributed by atoms with van der Waals surface area (Å²) in [6.07, 6.45) is 4.42. The first-order valence-corrected chi connectivity index (χ1v) is 7.08. The number of rotatable bonds is 3. The molecular weight excluding hydrogens is 284 g/mol. The molecule has 2 aromatic heterocycles. The quantitative estimate of drug-likeness (QED) is 0.852. The third-order valence-corrected chi connectivity index (χ3v) is 3.52. The van der Waals surface area contributed by atoms with Crippen LogP contribution in [0.1, 0.15) is 22.2 Å². The van der Waals surface area contributed by atoms with E-state index in [0.29, 0.717) is 31.2 Å². The molecule has 22 heavy (non-hydrogen) atoms. The summed E-state index contributed by atoms with van der Waals surface area (Å²) in [4.78, 5) is 24.7. The first kappa shape index (κ1) is 14.5. The van der Waals surface area contributed by atoms with Crippen molar-refractivity contribution in [3.8, 4) is 0 Å². The van der Waals surface area contributed by atoms with Crippen molar-refractivity contribution in [3.05, 3.63) is 42.1 Å². The number of hydrogen-bond acceptors (Lipinski definition) is 6. The monoisotopic (exact) mass is 302 g/mol. The molecule has 7 heteroatoms. The van der Waals surface area contributed by atoms with Crippen molar-refractivity contribution in [1.29, 1.82) is 0 Å². The molecule has 2 aromatic rings. The van der Waals surface area contributed by atoms with Crippen molar-refractivity contribution in [2.24, 2.45) is 0 Å². The van der Waals surface area contributed by atoms with Gasteiger partial charge in [-0.2, -0.15) is 0 Å². The molecule has 1 aliphatic heterocycles. The number of aromatic nitrogens is 2. The molecule has 0 aliphatic carbocycles. The smallest absolute Gasteiger partial charge is 0.257 e. The summed E-state index contributed by atoms with van der Waals surface area (Å²) < 4.78 is 10.7. The SMILES string of the molecule is CN(C)c1nccc([C@@H]2CN(C(=O)c3ccoc3)CCO2)n1. The molecule has 1 atom stereocenters. The normalized spacial score (nSPS) is 18.3. The van der Waals surface area contributed by atoms with Gasteiger partial charge < -0.3 is 19.0 Å². The van der Waals surface area contributed by atoms with E-state index in [4.69, 9.17) is 9.15 Å². The summed E-state index contributed by atoms with van der Waals surface area (Å²) in [7, 11) is 3.77. The number of furan rings is 1. The number of amides is 1. The van der Waals surface area contributed by atoms with Crippen LogP contribution in [0.5, 0.6) is 0 Å². The second-order valence-corrected chi connectivity index (χ2v) is 5.30. The minimum atomic E-state index is -0.244. The maximum absolute atomic E-state index is 12.4. The molecule has 1 amide bonds. The second kappa shape index (κ2) is 6.15. The zero-order valence-electron chi connectivity index (χ0n) is 12.6. The van der Waals surface area contributed by atoms with Crippen LogP contribution in [0.2, 0.25) is 0 Å². The van der Waals surface area contributed by atoms with Crippen LogP contribution in [-0.2, 0) is 4.74 Å². The average molecular weight is 302 g/mol. The Morgan fingerprint density at radius 2 is 2.27 bits per heavy atom. The third kappa shape index (κ3) is 2.94. The third-order valence-electron chi connectivity index (χ3n) is 3.52. The van der Waals surface area contributed by atoms with E-state index >= 15 is 0 Å². The molecule has 116 valence electrons. The largest absolute Gasteiger partial charge is 0.472 e. The summed E-state index contributed by atoms with van der Waals surface area (Å²) in [6.45, 7) is 1.51. The van der Waals surface area contributed by atoms with Gasteiger partial charge in [-0.1, -0.05) is 0 Å². The van der Waals surface area contributed by atoms with Crippen LogP contribution in [-0.4, -0.2) is 54.6 Å². The lowest BCUT2D eigenvalue weighted by molar-refractivity contribution is -0.0247. The van der Waals surface area contributed by atoms with E-state index in [1.165, 1.54) is 12.5 Å². The highest BCUT2D eigenvalue weighted by molar-refractivity contribution is 5.93. The van der Waals surface area contributed by atoms with Gasteiger partial charge in [0.1, 0.15) is 12.4 Å². The lowest BCUT2D eigenvalue weighted by atomic mass is 10.2. The van der Waals surface area contributed by atoms with E-state index in [-0.39, 0.29) is 12.0 Å². The molecule has 0 N–H and O–H groups in total. The van der Waals surface area contributed by atoms with E-state index in [1.54, 1.807) is 17.2 Å². The lowest BCUT2D eigenvalue weighted by Gasteiger charge is -2.32. The van der Waals surface area contributed by atoms with Crippen LogP contribution in [0.3, 0.4) is 0 Å². The zero-order chi connectivity index (χ0) is 15.5. The molecule has 1 aliphatic rings. The predicted molar refractivity (Wildman–Crippen MR) is 79.7 cm³/mol. The number of morpholine rings is 1. The Morgan fingerprint density at radius 1 is 1.41 bits per heavy atom. The molecule has 1 saturated heterocycles. The number of carbonyl (C=O) groups is 1. The number of carbonyl (C=O) groups excluding carboxylic acids is 1. The van der Waals surface area contributed by atoms with Crippen molar-refractivity contribution >= 4 is 11.9 Å². The summed E-state index contributed by atoms with van der Waals surface area (Å²) in [5.41, 5.74) is 1.33. The zero-order valence-corrected chi connectivity index (χ0v) is 12.6. The van der Waals surface area contributed by atoms with Crippen LogP contribution in [0.25, 0.3) is 0 Å². The highest BCUT2D eigenvalue weighted by atomic mass is 16.5. The van der Waals surface area contributed by atoms with Gasteiger partial charge in [-0.25, -0.2) is 9.97 Å². The molecule has 1 fully saturated rings. The molecule has 3 heterocycles. The van der Waals surface area contributed by atoms with Gasteiger partial charge in [0, 0.05) is 26.8 Å². The Kier molecular flexibility index (Phi) is 4.06. The molecule has 7 nitrogen and oxygen atoms in total. The van der Waals surface area contributed by atoms with Crippen LogP contribution in [0.4, 0.5) is 5.95 Å². The number of nitrogens with zero attached hydrogens (tertiary/aromatic N) is 4. The van der Waals surface area contributed by atoms with Crippen molar-refractivity contribution in [2.75, 3.05) is 38.7 Å². The Balaban J connectivity index is 1.75. The first-order valence-electron chi connectivity index (χ1n) is 7.08. The van der Waals surface area contributed by atoms with E-state index in [0.717, 1.165) is 5.69 Å². The molecule has 0 aromatic carbocycles.